The lowest BCUT2D eigenvalue weighted by Gasteiger charge is -2.38. The maximum atomic E-state index is 5.60. The summed E-state index contributed by atoms with van der Waals surface area (Å²) >= 11 is 3.55. The summed E-state index contributed by atoms with van der Waals surface area (Å²) in [5.74, 6) is 2.94. The van der Waals surface area contributed by atoms with E-state index in [2.05, 4.69) is 40.0 Å². The van der Waals surface area contributed by atoms with Crippen molar-refractivity contribution in [2.24, 2.45) is 0 Å². The van der Waals surface area contributed by atoms with Crippen molar-refractivity contribution in [2.45, 2.75) is 24.7 Å². The fraction of sp³-hybridized carbons (Fsp3) is 0.333. The van der Waals surface area contributed by atoms with Gasteiger partial charge in [-0.25, -0.2) is 0 Å². The molecule has 0 atom stereocenters. The summed E-state index contributed by atoms with van der Waals surface area (Å²) in [6.07, 6.45) is 9.12. The van der Waals surface area contributed by atoms with Gasteiger partial charge in [0.15, 0.2) is 0 Å². The minimum atomic E-state index is 0.0279. The van der Waals surface area contributed by atoms with Gasteiger partial charge in [0.2, 0.25) is 0 Å². The van der Waals surface area contributed by atoms with E-state index in [1.807, 2.05) is 6.07 Å². The van der Waals surface area contributed by atoms with Crippen molar-refractivity contribution in [3.05, 3.63) is 34.3 Å². The average molecular weight is 235 g/mol. The molecule has 1 fully saturated rings. The highest BCUT2D eigenvalue weighted by molar-refractivity contribution is 9.10. The maximum absolute atomic E-state index is 5.60. The standard InChI is InChI=1S/C12H11Br/c1-2-12(8-5-9-12)10-6-3-4-7-11(10)13/h1,3-4,6-7H,5,8-9H2. The van der Waals surface area contributed by atoms with Crippen LogP contribution in [0.5, 0.6) is 0 Å². The topological polar surface area (TPSA) is 0 Å². The van der Waals surface area contributed by atoms with Crippen molar-refractivity contribution in [1.82, 2.24) is 0 Å². The molecular formula is C12H11Br. The lowest BCUT2D eigenvalue weighted by atomic mass is 9.65. The molecule has 1 saturated carbocycles. The second kappa shape index (κ2) is 3.20. The summed E-state index contributed by atoms with van der Waals surface area (Å²) in [5.41, 5.74) is 1.31. The number of hydrogen-bond acceptors (Lipinski definition) is 0. The van der Waals surface area contributed by atoms with E-state index < -0.39 is 0 Å². The molecule has 0 heterocycles. The van der Waals surface area contributed by atoms with Gasteiger partial charge in [0, 0.05) is 4.47 Å². The van der Waals surface area contributed by atoms with Crippen LogP contribution in [0.4, 0.5) is 0 Å². The number of terminal acetylenes is 1. The van der Waals surface area contributed by atoms with Crippen molar-refractivity contribution >= 4 is 15.9 Å². The van der Waals surface area contributed by atoms with Crippen LogP contribution in [0.3, 0.4) is 0 Å². The first kappa shape index (κ1) is 8.84. The molecule has 0 unspecified atom stereocenters. The van der Waals surface area contributed by atoms with Crippen molar-refractivity contribution in [1.29, 1.82) is 0 Å². The van der Waals surface area contributed by atoms with Gasteiger partial charge >= 0.3 is 0 Å². The molecule has 1 aromatic rings. The summed E-state index contributed by atoms with van der Waals surface area (Å²) in [6, 6.07) is 8.27. The Hall–Kier alpha value is -0.740. The quantitative estimate of drug-likeness (QED) is 0.653. The van der Waals surface area contributed by atoms with Crippen LogP contribution in [0.1, 0.15) is 24.8 Å². The summed E-state index contributed by atoms with van der Waals surface area (Å²) in [7, 11) is 0. The lowest BCUT2D eigenvalue weighted by Crippen LogP contribution is -2.32. The minimum absolute atomic E-state index is 0.0279. The molecule has 0 amide bonds. The predicted molar refractivity (Wildman–Crippen MR) is 58.5 cm³/mol. The molecule has 0 radical (unpaired) electrons. The van der Waals surface area contributed by atoms with Crippen molar-refractivity contribution in [3.8, 4) is 12.3 Å². The summed E-state index contributed by atoms with van der Waals surface area (Å²) in [5, 5.41) is 0. The third kappa shape index (κ3) is 1.30. The third-order valence-corrected chi connectivity index (χ3v) is 3.56. The van der Waals surface area contributed by atoms with Crippen LogP contribution in [0.15, 0.2) is 28.7 Å². The van der Waals surface area contributed by atoms with Crippen LogP contribution >= 0.6 is 15.9 Å². The second-order valence-corrected chi connectivity index (χ2v) is 4.41. The van der Waals surface area contributed by atoms with Gasteiger partial charge in [0.05, 0.1) is 5.41 Å². The van der Waals surface area contributed by atoms with E-state index in [9.17, 15) is 0 Å². The van der Waals surface area contributed by atoms with Crippen LogP contribution in [-0.2, 0) is 5.41 Å². The summed E-state index contributed by atoms with van der Waals surface area (Å²) in [4.78, 5) is 0. The molecule has 1 aromatic carbocycles. The molecule has 1 aliphatic carbocycles. The minimum Gasteiger partial charge on any atom is -0.119 e. The first-order valence-corrected chi connectivity index (χ1v) is 5.31. The van der Waals surface area contributed by atoms with Gasteiger partial charge in [0.25, 0.3) is 0 Å². The summed E-state index contributed by atoms with van der Waals surface area (Å²) < 4.78 is 1.15. The smallest absolute Gasteiger partial charge is 0.0571 e. The van der Waals surface area contributed by atoms with Crippen molar-refractivity contribution in [2.75, 3.05) is 0 Å². The highest BCUT2D eigenvalue weighted by Gasteiger charge is 2.37. The molecule has 0 nitrogen and oxygen atoms in total. The lowest BCUT2D eigenvalue weighted by molar-refractivity contribution is 0.327. The van der Waals surface area contributed by atoms with E-state index in [0.717, 1.165) is 17.3 Å². The van der Waals surface area contributed by atoms with Gasteiger partial charge in [-0.05, 0) is 30.9 Å². The Kier molecular flexibility index (Phi) is 2.17. The Morgan fingerprint density at radius 1 is 1.31 bits per heavy atom. The van der Waals surface area contributed by atoms with Crippen LogP contribution in [0.25, 0.3) is 0 Å². The van der Waals surface area contributed by atoms with E-state index in [4.69, 9.17) is 6.42 Å². The Bertz CT molecular complexity index is 356. The molecule has 0 saturated heterocycles. The largest absolute Gasteiger partial charge is 0.119 e. The Morgan fingerprint density at radius 2 is 2.00 bits per heavy atom. The van der Waals surface area contributed by atoms with Crippen molar-refractivity contribution < 1.29 is 0 Å². The van der Waals surface area contributed by atoms with E-state index in [0.29, 0.717) is 0 Å². The second-order valence-electron chi connectivity index (χ2n) is 3.56. The number of rotatable bonds is 1. The number of benzene rings is 1. The monoisotopic (exact) mass is 234 g/mol. The van der Waals surface area contributed by atoms with Gasteiger partial charge in [-0.2, -0.15) is 0 Å². The Balaban J connectivity index is 2.46. The van der Waals surface area contributed by atoms with Crippen LogP contribution in [0.2, 0.25) is 0 Å². The Labute approximate surface area is 87.5 Å². The molecule has 0 N–H and O–H groups in total. The summed E-state index contributed by atoms with van der Waals surface area (Å²) in [6.45, 7) is 0. The molecule has 0 aliphatic heterocycles. The highest BCUT2D eigenvalue weighted by Crippen LogP contribution is 2.45. The molecule has 66 valence electrons. The average Bonchev–Trinajstić information content (AvgIpc) is 2.07. The number of halogens is 1. The molecular weight excluding hydrogens is 224 g/mol. The highest BCUT2D eigenvalue weighted by atomic mass is 79.9. The van der Waals surface area contributed by atoms with Crippen molar-refractivity contribution in [3.63, 3.8) is 0 Å². The molecule has 1 aliphatic rings. The fourth-order valence-electron chi connectivity index (χ4n) is 1.87. The normalized spacial score (nSPS) is 18.8. The third-order valence-electron chi connectivity index (χ3n) is 2.87. The van der Waals surface area contributed by atoms with E-state index in [1.54, 1.807) is 0 Å². The zero-order chi connectivity index (χ0) is 9.31. The predicted octanol–water partition coefficient (Wildman–Crippen LogP) is 3.50. The van der Waals surface area contributed by atoms with Gasteiger partial charge in [0.1, 0.15) is 0 Å². The van der Waals surface area contributed by atoms with E-state index in [1.165, 1.54) is 12.0 Å². The van der Waals surface area contributed by atoms with Crippen LogP contribution in [0, 0.1) is 12.3 Å². The Morgan fingerprint density at radius 3 is 2.46 bits per heavy atom. The molecule has 13 heavy (non-hydrogen) atoms. The zero-order valence-electron chi connectivity index (χ0n) is 7.39. The first-order valence-electron chi connectivity index (χ1n) is 4.51. The first-order chi connectivity index (χ1) is 6.28. The zero-order valence-corrected chi connectivity index (χ0v) is 8.97. The molecule has 0 bridgehead atoms. The van der Waals surface area contributed by atoms with Crippen LogP contribution < -0.4 is 0 Å². The fourth-order valence-corrected chi connectivity index (χ4v) is 2.54. The maximum Gasteiger partial charge on any atom is 0.0571 e. The molecule has 0 spiro atoms. The van der Waals surface area contributed by atoms with E-state index >= 15 is 0 Å². The number of hydrogen-bond donors (Lipinski definition) is 0. The SMILES string of the molecule is C#CC1(c2ccccc2Br)CCC1. The van der Waals surface area contributed by atoms with Gasteiger partial charge in [-0.15, -0.1) is 6.42 Å². The van der Waals surface area contributed by atoms with Crippen LogP contribution in [-0.4, -0.2) is 0 Å². The molecule has 0 aromatic heterocycles. The van der Waals surface area contributed by atoms with Gasteiger partial charge in [-0.3, -0.25) is 0 Å². The van der Waals surface area contributed by atoms with E-state index in [-0.39, 0.29) is 5.41 Å². The molecule has 2 rings (SSSR count). The molecule has 1 heteroatoms. The van der Waals surface area contributed by atoms with Gasteiger partial charge < -0.3 is 0 Å². The van der Waals surface area contributed by atoms with Gasteiger partial charge in [-0.1, -0.05) is 40.0 Å².